The van der Waals surface area contributed by atoms with Gasteiger partial charge in [-0.25, -0.2) is 0 Å². The summed E-state index contributed by atoms with van der Waals surface area (Å²) in [4.78, 5) is 9.17. The third-order valence-electron chi connectivity index (χ3n) is 4.08. The zero-order chi connectivity index (χ0) is 18.3. The van der Waals surface area contributed by atoms with Crippen LogP contribution < -0.4 is 8.92 Å². The van der Waals surface area contributed by atoms with Crippen LogP contribution in [0, 0.1) is 0 Å². The van der Waals surface area contributed by atoms with Crippen LogP contribution in [0.1, 0.15) is 24.0 Å². The Kier molecular flexibility index (Phi) is 7.08. The molecule has 7 heteroatoms. The average Bonchev–Trinajstić information content (AvgIpc) is 2.76. The Morgan fingerprint density at radius 1 is 0.667 bits per heavy atom. The molecule has 0 fully saturated rings. The topological polar surface area (TPSA) is 43.2 Å². The van der Waals surface area contributed by atoms with E-state index >= 15 is 0 Å². The summed E-state index contributed by atoms with van der Waals surface area (Å²) < 4.78 is 14.4. The van der Waals surface area contributed by atoms with Crippen LogP contribution in [0.25, 0.3) is 0 Å². The van der Waals surface area contributed by atoms with Crippen molar-refractivity contribution in [1.82, 2.24) is 0 Å². The normalized spacial score (nSPS) is 16.7. The van der Waals surface area contributed by atoms with Gasteiger partial charge in [0.05, 0.1) is 0 Å². The summed E-state index contributed by atoms with van der Waals surface area (Å²) >= 11 is 1.47. The van der Waals surface area contributed by atoms with Gasteiger partial charge >= 0.3 is 177 Å². The van der Waals surface area contributed by atoms with Gasteiger partial charge in [0.25, 0.3) is 0 Å². The number of ether oxygens (including phenoxy) is 2. The first-order chi connectivity index (χ1) is 13.4. The summed E-state index contributed by atoms with van der Waals surface area (Å²) in [6.07, 6.45) is 2.04. The van der Waals surface area contributed by atoms with Gasteiger partial charge in [0.1, 0.15) is 0 Å². The van der Waals surface area contributed by atoms with E-state index in [9.17, 15) is 0 Å². The molecule has 0 spiro atoms. The number of hydrogen-bond acceptors (Lipinski definition) is 4. The van der Waals surface area contributed by atoms with E-state index in [4.69, 9.17) is 9.47 Å². The number of aliphatic imine (C=N–C) groups is 2. The second-order valence-electron chi connectivity index (χ2n) is 6.00. The molecule has 0 saturated carbocycles. The van der Waals surface area contributed by atoms with Crippen LogP contribution in [0.2, 0.25) is 0 Å². The van der Waals surface area contributed by atoms with Crippen molar-refractivity contribution in [3.8, 4) is 0 Å². The number of rotatable bonds is 6. The Hall–Kier alpha value is -1.06. The standard InChI is InChI=1S/C20H20N2O2Se3/c1-3-9-17(15(7-1)19-21-11-5-13-23-19)25-27-26-18-10-4-2-8-16(18)20-22-12-6-14-24-20/h1-4,7-10H,5-6,11-14H2. The van der Waals surface area contributed by atoms with Crippen LogP contribution in [0.4, 0.5) is 0 Å². The van der Waals surface area contributed by atoms with Gasteiger partial charge in [-0.2, -0.15) is 0 Å². The molecule has 4 nitrogen and oxygen atoms in total. The maximum absolute atomic E-state index is 5.81. The van der Waals surface area contributed by atoms with Crippen molar-refractivity contribution in [1.29, 1.82) is 0 Å². The molecule has 0 saturated heterocycles. The summed E-state index contributed by atoms with van der Waals surface area (Å²) in [6.45, 7) is 3.32. The van der Waals surface area contributed by atoms with E-state index in [1.807, 2.05) is 0 Å². The molecule has 2 aliphatic heterocycles. The van der Waals surface area contributed by atoms with Crippen molar-refractivity contribution >= 4 is 58.3 Å². The first-order valence-corrected chi connectivity index (χ1v) is 19.3. The molecule has 0 radical (unpaired) electrons. The second kappa shape index (κ2) is 9.93. The molecule has 0 bridgehead atoms. The second-order valence-corrected chi connectivity index (χ2v) is 21.7. The number of nitrogens with zero attached hydrogens (tertiary/aromatic N) is 2. The summed E-state index contributed by atoms with van der Waals surface area (Å²) in [5, 5.41) is 0. The van der Waals surface area contributed by atoms with E-state index in [1.54, 1.807) is 0 Å². The Balaban J connectivity index is 1.45. The van der Waals surface area contributed by atoms with Crippen molar-refractivity contribution in [2.24, 2.45) is 9.98 Å². The predicted octanol–water partition coefficient (Wildman–Crippen LogP) is 0.914. The van der Waals surface area contributed by atoms with Crippen LogP contribution in [0.5, 0.6) is 0 Å². The monoisotopic (exact) mass is 560 g/mol. The van der Waals surface area contributed by atoms with E-state index in [0.717, 1.165) is 50.9 Å². The van der Waals surface area contributed by atoms with Crippen LogP contribution in [0.3, 0.4) is 0 Å². The molecule has 0 N–H and O–H groups in total. The molecular weight excluding hydrogens is 537 g/mol. The van der Waals surface area contributed by atoms with Crippen LogP contribution in [-0.4, -0.2) is 75.7 Å². The van der Waals surface area contributed by atoms with E-state index in [-0.39, 0.29) is 0 Å². The predicted molar refractivity (Wildman–Crippen MR) is 113 cm³/mol. The van der Waals surface area contributed by atoms with Gasteiger partial charge in [-0.15, -0.1) is 0 Å². The third kappa shape index (κ3) is 5.06. The zero-order valence-electron chi connectivity index (χ0n) is 14.8. The van der Waals surface area contributed by atoms with Gasteiger partial charge in [0, 0.05) is 0 Å². The first kappa shape index (κ1) is 19.3. The SMILES string of the molecule is c1ccc(C2=NCCCO2)c([Se][Se][Se]c2ccccc2C2=NCCCO2)c1. The molecule has 0 aromatic heterocycles. The Morgan fingerprint density at radius 2 is 1.15 bits per heavy atom. The van der Waals surface area contributed by atoms with Crippen LogP contribution >= 0.6 is 0 Å². The minimum atomic E-state index is 0.454. The van der Waals surface area contributed by atoms with E-state index < -0.39 is 0 Å². The molecular formula is C20H20N2O2Se3. The van der Waals surface area contributed by atoms with Gasteiger partial charge in [0.2, 0.25) is 0 Å². The quantitative estimate of drug-likeness (QED) is 0.497. The van der Waals surface area contributed by atoms with Gasteiger partial charge in [0.15, 0.2) is 0 Å². The molecule has 0 atom stereocenters. The number of benzene rings is 2. The van der Waals surface area contributed by atoms with Gasteiger partial charge in [-0.1, -0.05) is 0 Å². The summed E-state index contributed by atoms with van der Waals surface area (Å²) in [5.41, 5.74) is 2.39. The zero-order valence-corrected chi connectivity index (χ0v) is 19.9. The summed E-state index contributed by atoms with van der Waals surface area (Å²) in [5.74, 6) is 1.68. The maximum atomic E-state index is 5.81. The first-order valence-electron chi connectivity index (χ1n) is 8.96. The summed E-state index contributed by atoms with van der Waals surface area (Å²) in [6, 6.07) is 17.2. The molecule has 2 aliphatic rings. The Labute approximate surface area is 175 Å². The van der Waals surface area contributed by atoms with Gasteiger partial charge in [-0.3, -0.25) is 0 Å². The van der Waals surface area contributed by atoms with Gasteiger partial charge in [-0.05, 0) is 0 Å². The van der Waals surface area contributed by atoms with Crippen LogP contribution in [0.15, 0.2) is 58.5 Å². The molecule has 140 valence electrons. The molecule has 2 heterocycles. The van der Waals surface area contributed by atoms with Crippen molar-refractivity contribution in [2.45, 2.75) is 12.8 Å². The van der Waals surface area contributed by atoms with Crippen LogP contribution in [-0.2, 0) is 9.47 Å². The van der Waals surface area contributed by atoms with Gasteiger partial charge < -0.3 is 0 Å². The molecule has 0 amide bonds. The molecule has 27 heavy (non-hydrogen) atoms. The minimum absolute atomic E-state index is 0.454. The Morgan fingerprint density at radius 3 is 1.59 bits per heavy atom. The fraction of sp³-hybridized carbons (Fsp3) is 0.300. The van der Waals surface area contributed by atoms with Crippen molar-refractivity contribution in [2.75, 3.05) is 26.3 Å². The molecule has 0 unspecified atom stereocenters. The molecule has 0 aliphatic carbocycles. The van der Waals surface area contributed by atoms with Crippen molar-refractivity contribution in [3.63, 3.8) is 0 Å². The fourth-order valence-corrected chi connectivity index (χ4v) is 20.1. The van der Waals surface area contributed by atoms with Crippen molar-refractivity contribution < 1.29 is 9.47 Å². The number of hydrogen-bond donors (Lipinski definition) is 0. The average molecular weight is 557 g/mol. The molecule has 2 aromatic rings. The van der Waals surface area contributed by atoms with E-state index in [0.29, 0.717) is 37.6 Å². The van der Waals surface area contributed by atoms with Crippen molar-refractivity contribution in [3.05, 3.63) is 59.7 Å². The van der Waals surface area contributed by atoms with E-state index in [2.05, 4.69) is 58.5 Å². The Bertz CT molecular complexity index is 785. The molecule has 4 rings (SSSR count). The summed E-state index contributed by atoms with van der Waals surface area (Å²) in [7, 11) is 0. The third-order valence-corrected chi connectivity index (χ3v) is 19.7. The fourth-order valence-electron chi connectivity index (χ4n) is 2.77. The molecule has 2 aromatic carbocycles. The van der Waals surface area contributed by atoms with E-state index in [1.165, 1.54) is 20.1 Å².